The molecule has 1 aliphatic heterocycles. The Balaban J connectivity index is 2.53. The Morgan fingerprint density at radius 3 is 2.20 bits per heavy atom. The van der Waals surface area contributed by atoms with Gasteiger partial charge < -0.3 is 9.47 Å². The van der Waals surface area contributed by atoms with Crippen LogP contribution in [0.4, 0.5) is 0 Å². The molecule has 0 aliphatic carbocycles. The van der Waals surface area contributed by atoms with E-state index in [0.29, 0.717) is 11.3 Å². The number of amides is 1. The highest BCUT2D eigenvalue weighted by Crippen LogP contribution is 2.28. The first kappa shape index (κ1) is 18.3. The summed E-state index contributed by atoms with van der Waals surface area (Å²) in [6, 6.07) is 9.06. The second-order valence-electron chi connectivity index (χ2n) is 5.01. The van der Waals surface area contributed by atoms with Gasteiger partial charge in [0.25, 0.3) is 5.91 Å². The zero-order valence-corrected chi connectivity index (χ0v) is 14.0. The molecule has 0 fully saturated rings. The molecule has 0 unspecified atom stereocenters. The highest BCUT2D eigenvalue weighted by molar-refractivity contribution is 6.14. The molecular formula is C18H18N2O5. The normalized spacial score (nSPS) is 13.4. The Bertz CT molecular complexity index is 743. The number of hydrogen-bond acceptors (Lipinski definition) is 6. The minimum absolute atomic E-state index is 0.0734. The van der Waals surface area contributed by atoms with Gasteiger partial charge in [-0.3, -0.25) is 4.79 Å². The van der Waals surface area contributed by atoms with Crippen molar-refractivity contribution in [1.29, 1.82) is 0 Å². The smallest absolute Gasteiger partial charge is 0.345 e. The first-order valence-corrected chi connectivity index (χ1v) is 7.85. The van der Waals surface area contributed by atoms with E-state index >= 15 is 0 Å². The second kappa shape index (κ2) is 8.68. The lowest BCUT2D eigenvalue weighted by Gasteiger charge is -2.12. The number of ether oxygens (including phenoxy) is 2. The molecule has 7 nitrogen and oxygen atoms in total. The van der Waals surface area contributed by atoms with Crippen molar-refractivity contribution in [3.05, 3.63) is 53.1 Å². The minimum atomic E-state index is -0.809. The van der Waals surface area contributed by atoms with Crippen LogP contribution in [0.3, 0.4) is 0 Å². The molecule has 1 aliphatic rings. The Kier molecular flexibility index (Phi) is 6.33. The van der Waals surface area contributed by atoms with Crippen molar-refractivity contribution >= 4 is 23.5 Å². The molecule has 0 aromatic heterocycles. The van der Waals surface area contributed by atoms with Crippen LogP contribution in [0.25, 0.3) is 5.70 Å². The third kappa shape index (κ3) is 4.69. The molecule has 0 spiro atoms. The first-order chi connectivity index (χ1) is 12.1. The summed E-state index contributed by atoms with van der Waals surface area (Å²) >= 11 is 0. The topological polar surface area (TPSA) is 94.4 Å². The van der Waals surface area contributed by atoms with E-state index in [-0.39, 0.29) is 25.2 Å². The van der Waals surface area contributed by atoms with Crippen molar-refractivity contribution in [2.75, 3.05) is 13.2 Å². The number of esters is 2. The summed E-state index contributed by atoms with van der Waals surface area (Å²) in [7, 11) is 0. The lowest BCUT2D eigenvalue weighted by atomic mass is 10.0. The second-order valence-corrected chi connectivity index (χ2v) is 5.01. The van der Waals surface area contributed by atoms with Crippen LogP contribution in [0.2, 0.25) is 0 Å². The van der Waals surface area contributed by atoms with E-state index in [1.54, 1.807) is 26.0 Å². The average molecular weight is 342 g/mol. The van der Waals surface area contributed by atoms with Gasteiger partial charge in [-0.2, -0.15) is 0 Å². The number of azo groups is 1. The Labute approximate surface area is 145 Å². The van der Waals surface area contributed by atoms with Crippen molar-refractivity contribution in [3.63, 3.8) is 0 Å². The van der Waals surface area contributed by atoms with Crippen molar-refractivity contribution in [3.8, 4) is 0 Å². The Hall–Kier alpha value is -3.09. The highest BCUT2D eigenvalue weighted by atomic mass is 16.6. The molecule has 0 saturated carbocycles. The molecule has 25 heavy (non-hydrogen) atoms. The van der Waals surface area contributed by atoms with E-state index < -0.39 is 17.8 Å². The summed E-state index contributed by atoms with van der Waals surface area (Å²) in [5, 5.41) is 7.51. The van der Waals surface area contributed by atoms with Gasteiger partial charge in [-0.1, -0.05) is 30.3 Å². The minimum Gasteiger partial charge on any atom is -0.462 e. The SMILES string of the molecule is CCOC(=O)C(=CC1=C(c2ccccc2)N=NC(=O)C1)C(=O)OCC. The zero-order chi connectivity index (χ0) is 18.2. The molecule has 1 aromatic rings. The number of carbonyl (C=O) groups excluding carboxylic acids is 3. The van der Waals surface area contributed by atoms with Crippen LogP contribution in [0.1, 0.15) is 25.8 Å². The maximum absolute atomic E-state index is 12.1. The van der Waals surface area contributed by atoms with Crippen LogP contribution < -0.4 is 0 Å². The highest BCUT2D eigenvalue weighted by Gasteiger charge is 2.24. The number of carbonyl (C=O) groups is 3. The van der Waals surface area contributed by atoms with Gasteiger partial charge in [0.2, 0.25) is 0 Å². The lowest BCUT2D eigenvalue weighted by Crippen LogP contribution is -2.19. The molecule has 130 valence electrons. The van der Waals surface area contributed by atoms with Crippen LogP contribution in [-0.4, -0.2) is 31.1 Å². The van der Waals surface area contributed by atoms with Crippen LogP contribution in [0.5, 0.6) is 0 Å². The molecular weight excluding hydrogens is 324 g/mol. The third-order valence-corrected chi connectivity index (χ3v) is 3.26. The van der Waals surface area contributed by atoms with Gasteiger partial charge in [-0.05, 0) is 25.5 Å². The standard InChI is InChI=1S/C18H18N2O5/c1-3-24-17(22)14(18(23)25-4-2)10-13-11-15(21)19-20-16(13)12-8-6-5-7-9-12/h5-10H,3-4,11H2,1-2H3. The molecule has 0 saturated heterocycles. The van der Waals surface area contributed by atoms with Crippen molar-refractivity contribution < 1.29 is 23.9 Å². The zero-order valence-electron chi connectivity index (χ0n) is 14.0. The summed E-state index contributed by atoms with van der Waals surface area (Å²) in [5.41, 5.74) is 1.27. The van der Waals surface area contributed by atoms with E-state index in [0.717, 1.165) is 5.56 Å². The Morgan fingerprint density at radius 1 is 1.04 bits per heavy atom. The predicted molar refractivity (Wildman–Crippen MR) is 89.2 cm³/mol. The van der Waals surface area contributed by atoms with Gasteiger partial charge in [0, 0.05) is 5.56 Å². The molecule has 0 bridgehead atoms. The molecule has 0 N–H and O–H groups in total. The van der Waals surface area contributed by atoms with E-state index in [1.807, 2.05) is 18.2 Å². The number of benzene rings is 1. The number of rotatable bonds is 6. The average Bonchev–Trinajstić information content (AvgIpc) is 2.61. The first-order valence-electron chi connectivity index (χ1n) is 7.85. The quantitative estimate of drug-likeness (QED) is 0.343. The van der Waals surface area contributed by atoms with Crippen molar-refractivity contribution in [2.24, 2.45) is 10.2 Å². The molecule has 1 amide bonds. The summed E-state index contributed by atoms with van der Waals surface area (Å²) in [4.78, 5) is 35.9. The van der Waals surface area contributed by atoms with Gasteiger partial charge in [0.15, 0.2) is 0 Å². The van der Waals surface area contributed by atoms with Crippen molar-refractivity contribution in [1.82, 2.24) is 0 Å². The fourth-order valence-corrected chi connectivity index (χ4v) is 2.20. The molecule has 1 aromatic carbocycles. The van der Waals surface area contributed by atoms with Gasteiger partial charge >= 0.3 is 11.9 Å². The molecule has 2 rings (SSSR count). The molecule has 0 radical (unpaired) electrons. The van der Waals surface area contributed by atoms with Gasteiger partial charge in [0.05, 0.1) is 25.3 Å². The fraction of sp³-hybridized carbons (Fsp3) is 0.278. The summed E-state index contributed by atoms with van der Waals surface area (Å²) in [6.07, 6.45) is 1.23. The fourth-order valence-electron chi connectivity index (χ4n) is 2.20. The number of hydrogen-bond donors (Lipinski definition) is 0. The van der Waals surface area contributed by atoms with Crippen molar-refractivity contribution in [2.45, 2.75) is 20.3 Å². The largest absolute Gasteiger partial charge is 0.462 e. The van der Waals surface area contributed by atoms with Crippen LogP contribution in [-0.2, 0) is 23.9 Å². The lowest BCUT2D eigenvalue weighted by molar-refractivity contribution is -0.146. The maximum Gasteiger partial charge on any atom is 0.345 e. The number of nitrogens with zero attached hydrogens (tertiary/aromatic N) is 2. The van der Waals surface area contributed by atoms with E-state index in [2.05, 4.69) is 10.2 Å². The maximum atomic E-state index is 12.1. The molecule has 1 heterocycles. The Morgan fingerprint density at radius 2 is 1.64 bits per heavy atom. The summed E-state index contributed by atoms with van der Waals surface area (Å²) in [5.74, 6) is -2.08. The monoisotopic (exact) mass is 342 g/mol. The van der Waals surface area contributed by atoms with Crippen LogP contribution >= 0.6 is 0 Å². The molecule has 7 heteroatoms. The summed E-state index contributed by atoms with van der Waals surface area (Å²) in [6.45, 7) is 3.49. The van der Waals surface area contributed by atoms with Gasteiger partial charge in [0.1, 0.15) is 5.57 Å². The van der Waals surface area contributed by atoms with Crippen LogP contribution in [0, 0.1) is 0 Å². The van der Waals surface area contributed by atoms with Gasteiger partial charge in [-0.15, -0.1) is 10.2 Å². The number of allylic oxidation sites excluding steroid dienone is 1. The van der Waals surface area contributed by atoms with Gasteiger partial charge in [-0.25, -0.2) is 9.59 Å². The van der Waals surface area contributed by atoms with E-state index in [4.69, 9.17) is 9.47 Å². The van der Waals surface area contributed by atoms with Crippen LogP contribution in [0.15, 0.2) is 57.8 Å². The predicted octanol–water partition coefficient (Wildman–Crippen LogP) is 2.83. The molecule has 0 atom stereocenters. The summed E-state index contributed by atoms with van der Waals surface area (Å²) < 4.78 is 9.82. The van der Waals surface area contributed by atoms with E-state index in [1.165, 1.54) is 6.08 Å². The van der Waals surface area contributed by atoms with E-state index in [9.17, 15) is 14.4 Å². The third-order valence-electron chi connectivity index (χ3n) is 3.26.